The number of piperidine rings is 1. The smallest absolute Gasteiger partial charge is 0.251 e. The number of amides is 1. The number of likely N-dealkylation sites (tertiary alicyclic amines) is 1. The Kier molecular flexibility index (Phi) is 6.19. The summed E-state index contributed by atoms with van der Waals surface area (Å²) in [4.78, 5) is 15.2. The van der Waals surface area contributed by atoms with Crippen LogP contribution >= 0.6 is 0 Å². The fourth-order valence-electron chi connectivity index (χ4n) is 4.26. The Balaban J connectivity index is 1.22. The average molecular weight is 442 g/mol. The number of rotatable bonds is 6. The second kappa shape index (κ2) is 9.57. The minimum atomic E-state index is -0.150. The standard InChI is InChI=1S/C27H27N3O3/c31-23-12-14-30(15-13-23)18-20-8-6-19(7-9-20)17-28-27(32)22-10-11-25-24(16-22)26(33-29-25)21-4-2-1-3-5-21/h1-11,16,23,31H,12-15,17-18H2,(H,28,32). The Labute approximate surface area is 192 Å². The lowest BCUT2D eigenvalue weighted by Gasteiger charge is -2.29. The number of carbonyl (C=O) groups excluding carboxylic acids is 1. The molecule has 4 aromatic rings. The van der Waals surface area contributed by atoms with Gasteiger partial charge in [-0.2, -0.15) is 0 Å². The third kappa shape index (κ3) is 4.97. The van der Waals surface area contributed by atoms with Gasteiger partial charge in [-0.1, -0.05) is 59.8 Å². The molecule has 33 heavy (non-hydrogen) atoms. The summed E-state index contributed by atoms with van der Waals surface area (Å²) in [6, 6.07) is 23.5. The van der Waals surface area contributed by atoms with E-state index < -0.39 is 0 Å². The highest BCUT2D eigenvalue weighted by Crippen LogP contribution is 2.29. The first-order valence-corrected chi connectivity index (χ1v) is 11.4. The number of hydrogen-bond acceptors (Lipinski definition) is 5. The molecule has 0 unspecified atom stereocenters. The fourth-order valence-corrected chi connectivity index (χ4v) is 4.26. The number of fused-ring (bicyclic) bond motifs is 1. The van der Waals surface area contributed by atoms with Crippen molar-refractivity contribution in [3.05, 3.63) is 89.5 Å². The highest BCUT2D eigenvalue weighted by atomic mass is 16.5. The lowest BCUT2D eigenvalue weighted by molar-refractivity contribution is 0.0792. The molecule has 2 heterocycles. The van der Waals surface area contributed by atoms with Crippen molar-refractivity contribution in [2.45, 2.75) is 32.0 Å². The van der Waals surface area contributed by atoms with E-state index in [4.69, 9.17) is 4.52 Å². The van der Waals surface area contributed by atoms with Crippen molar-refractivity contribution in [3.8, 4) is 11.3 Å². The Morgan fingerprint density at radius 3 is 2.48 bits per heavy atom. The van der Waals surface area contributed by atoms with Crippen LogP contribution < -0.4 is 5.32 Å². The van der Waals surface area contributed by atoms with E-state index in [1.54, 1.807) is 6.07 Å². The van der Waals surface area contributed by atoms with Crippen LogP contribution in [0.1, 0.15) is 34.3 Å². The summed E-state index contributed by atoms with van der Waals surface area (Å²) in [6.45, 7) is 3.22. The van der Waals surface area contributed by atoms with Crippen molar-refractivity contribution in [1.82, 2.24) is 15.4 Å². The van der Waals surface area contributed by atoms with Gasteiger partial charge < -0.3 is 14.9 Å². The molecule has 0 bridgehead atoms. The number of carbonyl (C=O) groups is 1. The Hall–Kier alpha value is -3.48. The molecule has 1 fully saturated rings. The molecule has 0 aliphatic carbocycles. The van der Waals surface area contributed by atoms with Crippen LogP contribution in [-0.2, 0) is 13.1 Å². The summed E-state index contributed by atoms with van der Waals surface area (Å²) >= 11 is 0. The minimum absolute atomic E-state index is 0.131. The fraction of sp³-hybridized carbons (Fsp3) is 0.259. The van der Waals surface area contributed by atoms with Crippen LogP contribution in [0.3, 0.4) is 0 Å². The SMILES string of the molecule is O=C(NCc1ccc(CN2CCC(O)CC2)cc1)c1ccc2noc(-c3ccccc3)c2c1. The van der Waals surface area contributed by atoms with Crippen molar-refractivity contribution >= 4 is 16.8 Å². The van der Waals surface area contributed by atoms with Crippen molar-refractivity contribution in [2.75, 3.05) is 13.1 Å². The zero-order valence-corrected chi connectivity index (χ0v) is 18.4. The van der Waals surface area contributed by atoms with Gasteiger partial charge in [0, 0.05) is 37.3 Å². The van der Waals surface area contributed by atoms with Gasteiger partial charge in [-0.25, -0.2) is 0 Å². The van der Waals surface area contributed by atoms with Gasteiger partial charge in [0.05, 0.1) is 11.5 Å². The molecule has 1 aromatic heterocycles. The molecule has 1 aliphatic rings. The normalized spacial score (nSPS) is 15.1. The molecule has 6 heteroatoms. The number of benzene rings is 3. The molecular formula is C27H27N3O3. The summed E-state index contributed by atoms with van der Waals surface area (Å²) in [6.07, 6.45) is 1.54. The minimum Gasteiger partial charge on any atom is -0.393 e. The summed E-state index contributed by atoms with van der Waals surface area (Å²) in [5.41, 5.74) is 4.53. The molecule has 3 aromatic carbocycles. The Morgan fingerprint density at radius 1 is 1.00 bits per heavy atom. The molecular weight excluding hydrogens is 414 g/mol. The summed E-state index contributed by atoms with van der Waals surface area (Å²) in [7, 11) is 0. The maximum Gasteiger partial charge on any atom is 0.251 e. The molecule has 0 radical (unpaired) electrons. The second-order valence-corrected chi connectivity index (χ2v) is 8.62. The number of aliphatic hydroxyl groups excluding tert-OH is 1. The van der Waals surface area contributed by atoms with Gasteiger partial charge in [0.15, 0.2) is 5.76 Å². The molecule has 1 amide bonds. The zero-order valence-electron chi connectivity index (χ0n) is 18.4. The predicted octanol–water partition coefficient (Wildman–Crippen LogP) is 4.38. The molecule has 168 valence electrons. The van der Waals surface area contributed by atoms with E-state index in [-0.39, 0.29) is 12.0 Å². The van der Waals surface area contributed by atoms with Crippen LogP contribution in [0.4, 0.5) is 0 Å². The molecule has 0 saturated carbocycles. The summed E-state index contributed by atoms with van der Waals surface area (Å²) < 4.78 is 5.54. The molecule has 2 N–H and O–H groups in total. The van der Waals surface area contributed by atoms with Crippen molar-refractivity contribution < 1.29 is 14.4 Å². The number of aromatic nitrogens is 1. The van der Waals surface area contributed by atoms with E-state index in [0.717, 1.165) is 54.5 Å². The topological polar surface area (TPSA) is 78.6 Å². The van der Waals surface area contributed by atoms with Gasteiger partial charge >= 0.3 is 0 Å². The zero-order chi connectivity index (χ0) is 22.6. The first-order chi connectivity index (χ1) is 16.2. The molecule has 0 spiro atoms. The van der Waals surface area contributed by atoms with E-state index in [9.17, 15) is 9.90 Å². The van der Waals surface area contributed by atoms with E-state index >= 15 is 0 Å². The lowest BCUT2D eigenvalue weighted by atomic mass is 10.1. The van der Waals surface area contributed by atoms with Crippen LogP contribution in [0.5, 0.6) is 0 Å². The van der Waals surface area contributed by atoms with Gasteiger partial charge in [-0.15, -0.1) is 0 Å². The van der Waals surface area contributed by atoms with Gasteiger partial charge in [0.2, 0.25) is 0 Å². The number of nitrogens with one attached hydrogen (secondary N) is 1. The van der Waals surface area contributed by atoms with E-state index in [1.165, 1.54) is 5.56 Å². The summed E-state index contributed by atoms with van der Waals surface area (Å²) in [5, 5.41) is 17.6. The van der Waals surface area contributed by atoms with Gasteiger partial charge in [-0.3, -0.25) is 9.69 Å². The average Bonchev–Trinajstić information content (AvgIpc) is 3.29. The predicted molar refractivity (Wildman–Crippen MR) is 128 cm³/mol. The van der Waals surface area contributed by atoms with Gasteiger partial charge in [-0.05, 0) is 42.2 Å². The highest BCUT2D eigenvalue weighted by Gasteiger charge is 2.17. The van der Waals surface area contributed by atoms with Crippen molar-refractivity contribution in [3.63, 3.8) is 0 Å². The maximum atomic E-state index is 12.8. The van der Waals surface area contributed by atoms with Gasteiger partial charge in [0.25, 0.3) is 5.91 Å². The van der Waals surface area contributed by atoms with Crippen LogP contribution in [0, 0.1) is 0 Å². The van der Waals surface area contributed by atoms with Crippen molar-refractivity contribution in [1.29, 1.82) is 0 Å². The second-order valence-electron chi connectivity index (χ2n) is 8.62. The van der Waals surface area contributed by atoms with Crippen LogP contribution in [0.25, 0.3) is 22.2 Å². The highest BCUT2D eigenvalue weighted by molar-refractivity contribution is 6.00. The third-order valence-corrected chi connectivity index (χ3v) is 6.21. The van der Waals surface area contributed by atoms with Crippen LogP contribution in [-0.4, -0.2) is 40.3 Å². The van der Waals surface area contributed by atoms with E-state index in [1.807, 2.05) is 42.5 Å². The largest absolute Gasteiger partial charge is 0.393 e. The lowest BCUT2D eigenvalue weighted by Crippen LogP contribution is -2.35. The number of aliphatic hydroxyl groups is 1. The molecule has 1 saturated heterocycles. The van der Waals surface area contributed by atoms with E-state index in [0.29, 0.717) is 17.9 Å². The maximum absolute atomic E-state index is 12.8. The third-order valence-electron chi connectivity index (χ3n) is 6.21. The first-order valence-electron chi connectivity index (χ1n) is 11.4. The summed E-state index contributed by atoms with van der Waals surface area (Å²) in [5.74, 6) is 0.534. The molecule has 5 rings (SSSR count). The molecule has 1 aliphatic heterocycles. The number of hydrogen-bond donors (Lipinski definition) is 2. The quantitative estimate of drug-likeness (QED) is 0.464. The Morgan fingerprint density at radius 2 is 1.73 bits per heavy atom. The van der Waals surface area contributed by atoms with Crippen LogP contribution in [0.15, 0.2) is 77.3 Å². The Bertz CT molecular complexity index is 1230. The van der Waals surface area contributed by atoms with Gasteiger partial charge in [0.1, 0.15) is 5.52 Å². The van der Waals surface area contributed by atoms with E-state index in [2.05, 4.69) is 39.6 Å². The molecule has 0 atom stereocenters. The molecule has 6 nitrogen and oxygen atoms in total. The van der Waals surface area contributed by atoms with Crippen molar-refractivity contribution in [2.24, 2.45) is 0 Å². The first kappa shape index (κ1) is 21.4. The monoisotopic (exact) mass is 441 g/mol. The van der Waals surface area contributed by atoms with Crippen LogP contribution in [0.2, 0.25) is 0 Å². The number of nitrogens with zero attached hydrogens (tertiary/aromatic N) is 2.